The first-order chi connectivity index (χ1) is 12.0. The molecule has 0 unspecified atom stereocenters. The van der Waals surface area contributed by atoms with Gasteiger partial charge in [0.2, 0.25) is 11.8 Å². The molecule has 7 heteroatoms. The molecule has 0 bridgehead atoms. The van der Waals surface area contributed by atoms with Crippen molar-refractivity contribution in [3.8, 4) is 0 Å². The average molecular weight is 342 g/mol. The van der Waals surface area contributed by atoms with Crippen molar-refractivity contribution in [1.82, 2.24) is 10.1 Å². The Kier molecular flexibility index (Phi) is 5.14. The predicted molar refractivity (Wildman–Crippen MR) is 92.5 cm³/mol. The molecule has 1 aromatic heterocycles. The molecule has 1 aliphatic heterocycles. The lowest BCUT2D eigenvalue weighted by atomic mass is 9.93. The zero-order valence-electron chi connectivity index (χ0n) is 14.1. The summed E-state index contributed by atoms with van der Waals surface area (Å²) >= 11 is 0. The third-order valence-electron chi connectivity index (χ3n) is 4.54. The number of piperidine rings is 1. The van der Waals surface area contributed by atoms with Crippen molar-refractivity contribution >= 4 is 17.6 Å². The number of nitrogens with one attached hydrogen (secondary N) is 1. The van der Waals surface area contributed by atoms with Crippen molar-refractivity contribution in [2.75, 3.05) is 18.4 Å². The number of hydrogen-bond acceptors (Lipinski definition) is 5. The average Bonchev–Trinajstić information content (AvgIpc) is 3.01. The molecule has 1 saturated heterocycles. The largest absolute Gasteiger partial charge is 0.369 e. The molecule has 0 spiro atoms. The van der Waals surface area contributed by atoms with Gasteiger partial charge in [0.05, 0.1) is 0 Å². The summed E-state index contributed by atoms with van der Waals surface area (Å²) in [5.74, 6) is 0.480. The van der Waals surface area contributed by atoms with Gasteiger partial charge in [-0.1, -0.05) is 35.5 Å². The number of carbonyl (C=O) groups excluding carboxylic acids is 2. The molecule has 2 aromatic rings. The van der Waals surface area contributed by atoms with Gasteiger partial charge in [-0.05, 0) is 38.4 Å². The number of anilines is 1. The van der Waals surface area contributed by atoms with Crippen molar-refractivity contribution in [3.05, 3.63) is 47.7 Å². The number of primary amides is 1. The van der Waals surface area contributed by atoms with E-state index in [0.29, 0.717) is 37.5 Å². The van der Waals surface area contributed by atoms with Crippen LogP contribution in [0.2, 0.25) is 0 Å². The molecule has 1 aromatic carbocycles. The van der Waals surface area contributed by atoms with E-state index in [0.717, 1.165) is 5.56 Å². The highest BCUT2D eigenvalue weighted by Gasteiger charge is 2.32. The molecular formula is C18H22N4O3. The van der Waals surface area contributed by atoms with Gasteiger partial charge in [0, 0.05) is 12.0 Å². The number of aryl methyl sites for hydroxylation is 1. The molecule has 0 aliphatic carbocycles. The molecule has 25 heavy (non-hydrogen) atoms. The van der Waals surface area contributed by atoms with Crippen LogP contribution in [0, 0.1) is 12.8 Å². The molecule has 0 saturated carbocycles. The summed E-state index contributed by atoms with van der Waals surface area (Å²) in [6.07, 6.45) is 1.32. The van der Waals surface area contributed by atoms with E-state index in [4.69, 9.17) is 10.3 Å². The van der Waals surface area contributed by atoms with Crippen LogP contribution in [0.3, 0.4) is 0 Å². The highest BCUT2D eigenvalue weighted by molar-refractivity contribution is 5.94. The summed E-state index contributed by atoms with van der Waals surface area (Å²) in [5.41, 5.74) is 6.31. The number of nitrogens with zero attached hydrogens (tertiary/aromatic N) is 2. The standard InChI is InChI=1S/C18H22N4O3/c1-12-11-15(21-25-12)20-18(24)16(13-5-3-2-4-6-13)22-9-7-14(8-10-22)17(19)23/h2-6,11,14,16H,7-10H2,1H3,(H2,19,23)(H,20,21,24)/t16-/m1/s1. The Morgan fingerprint density at radius 2 is 1.96 bits per heavy atom. The smallest absolute Gasteiger partial charge is 0.247 e. The van der Waals surface area contributed by atoms with E-state index in [1.54, 1.807) is 13.0 Å². The van der Waals surface area contributed by atoms with E-state index >= 15 is 0 Å². The molecule has 132 valence electrons. The van der Waals surface area contributed by atoms with E-state index < -0.39 is 6.04 Å². The minimum atomic E-state index is -0.452. The Balaban J connectivity index is 1.78. The van der Waals surface area contributed by atoms with Crippen molar-refractivity contribution in [2.45, 2.75) is 25.8 Å². The van der Waals surface area contributed by atoms with Crippen LogP contribution in [0.25, 0.3) is 0 Å². The first-order valence-electron chi connectivity index (χ1n) is 8.37. The normalized spacial score (nSPS) is 17.2. The second-order valence-electron chi connectivity index (χ2n) is 6.34. The number of rotatable bonds is 5. The molecule has 1 aliphatic rings. The van der Waals surface area contributed by atoms with Crippen LogP contribution in [-0.2, 0) is 9.59 Å². The Morgan fingerprint density at radius 1 is 1.28 bits per heavy atom. The SMILES string of the molecule is Cc1cc(NC(=O)[C@@H](c2ccccc2)N2CCC(C(N)=O)CC2)no1. The van der Waals surface area contributed by atoms with Crippen molar-refractivity contribution in [1.29, 1.82) is 0 Å². The predicted octanol–water partition coefficient (Wildman–Crippen LogP) is 1.86. The van der Waals surface area contributed by atoms with Crippen molar-refractivity contribution in [3.63, 3.8) is 0 Å². The molecule has 0 radical (unpaired) electrons. The fraction of sp³-hybridized carbons (Fsp3) is 0.389. The van der Waals surface area contributed by atoms with E-state index in [2.05, 4.69) is 15.4 Å². The van der Waals surface area contributed by atoms with Gasteiger partial charge in [0.15, 0.2) is 5.82 Å². The van der Waals surface area contributed by atoms with Gasteiger partial charge < -0.3 is 15.6 Å². The lowest BCUT2D eigenvalue weighted by molar-refractivity contribution is -0.125. The number of amides is 2. The first kappa shape index (κ1) is 17.2. The molecular weight excluding hydrogens is 320 g/mol. The van der Waals surface area contributed by atoms with Gasteiger partial charge in [-0.3, -0.25) is 14.5 Å². The third kappa shape index (κ3) is 4.06. The van der Waals surface area contributed by atoms with Crippen molar-refractivity contribution in [2.24, 2.45) is 11.7 Å². The second kappa shape index (κ2) is 7.48. The summed E-state index contributed by atoms with van der Waals surface area (Å²) in [6.45, 7) is 3.04. The number of carbonyl (C=O) groups is 2. The number of aromatic nitrogens is 1. The van der Waals surface area contributed by atoms with E-state index in [1.165, 1.54) is 0 Å². The molecule has 2 heterocycles. The van der Waals surface area contributed by atoms with E-state index in [1.807, 2.05) is 30.3 Å². The highest BCUT2D eigenvalue weighted by Crippen LogP contribution is 2.28. The van der Waals surface area contributed by atoms with Crippen LogP contribution >= 0.6 is 0 Å². The number of nitrogens with two attached hydrogens (primary N) is 1. The topological polar surface area (TPSA) is 101 Å². The number of likely N-dealkylation sites (tertiary alicyclic amines) is 1. The highest BCUT2D eigenvalue weighted by atomic mass is 16.5. The fourth-order valence-corrected chi connectivity index (χ4v) is 3.23. The Morgan fingerprint density at radius 3 is 2.52 bits per heavy atom. The first-order valence-corrected chi connectivity index (χ1v) is 8.37. The quantitative estimate of drug-likeness (QED) is 0.863. The van der Waals surface area contributed by atoms with Gasteiger partial charge >= 0.3 is 0 Å². The summed E-state index contributed by atoms with van der Waals surface area (Å²) in [4.78, 5) is 26.4. The molecule has 7 nitrogen and oxygen atoms in total. The lowest BCUT2D eigenvalue weighted by Crippen LogP contribution is -2.44. The van der Waals surface area contributed by atoms with E-state index in [-0.39, 0.29) is 17.7 Å². The lowest BCUT2D eigenvalue weighted by Gasteiger charge is -2.36. The summed E-state index contributed by atoms with van der Waals surface area (Å²) < 4.78 is 5.01. The minimum Gasteiger partial charge on any atom is -0.369 e. The van der Waals surface area contributed by atoms with E-state index in [9.17, 15) is 9.59 Å². The summed E-state index contributed by atoms with van der Waals surface area (Å²) in [5, 5.41) is 6.64. The van der Waals surface area contributed by atoms with Crippen LogP contribution in [-0.4, -0.2) is 35.0 Å². The maximum Gasteiger partial charge on any atom is 0.247 e. The zero-order valence-corrected chi connectivity index (χ0v) is 14.1. The van der Waals surface area contributed by atoms with Crippen LogP contribution in [0.1, 0.15) is 30.2 Å². The Bertz CT molecular complexity index is 736. The van der Waals surface area contributed by atoms with Crippen LogP contribution in [0.4, 0.5) is 5.82 Å². The minimum absolute atomic E-state index is 0.117. The van der Waals surface area contributed by atoms with Gasteiger partial charge in [0.1, 0.15) is 11.8 Å². The zero-order chi connectivity index (χ0) is 17.8. The molecule has 3 rings (SSSR count). The van der Waals surface area contributed by atoms with Gasteiger partial charge in [-0.2, -0.15) is 0 Å². The Labute approximate surface area is 146 Å². The van der Waals surface area contributed by atoms with Gasteiger partial charge in [-0.15, -0.1) is 0 Å². The number of hydrogen-bond donors (Lipinski definition) is 2. The monoisotopic (exact) mass is 342 g/mol. The molecule has 1 fully saturated rings. The Hall–Kier alpha value is -2.67. The third-order valence-corrected chi connectivity index (χ3v) is 4.54. The maximum absolute atomic E-state index is 12.9. The maximum atomic E-state index is 12.9. The molecule has 3 N–H and O–H groups in total. The second-order valence-corrected chi connectivity index (χ2v) is 6.34. The number of benzene rings is 1. The fourth-order valence-electron chi connectivity index (χ4n) is 3.23. The van der Waals surface area contributed by atoms with Crippen LogP contribution in [0.5, 0.6) is 0 Å². The van der Waals surface area contributed by atoms with Gasteiger partial charge in [0.25, 0.3) is 0 Å². The van der Waals surface area contributed by atoms with Crippen LogP contribution < -0.4 is 11.1 Å². The summed E-state index contributed by atoms with van der Waals surface area (Å²) in [6, 6.07) is 10.8. The van der Waals surface area contributed by atoms with Crippen LogP contribution in [0.15, 0.2) is 40.9 Å². The molecule has 2 amide bonds. The van der Waals surface area contributed by atoms with Crippen molar-refractivity contribution < 1.29 is 14.1 Å². The summed E-state index contributed by atoms with van der Waals surface area (Å²) in [7, 11) is 0. The van der Waals surface area contributed by atoms with Gasteiger partial charge in [-0.25, -0.2) is 0 Å². The molecule has 1 atom stereocenters.